The van der Waals surface area contributed by atoms with Crippen LogP contribution < -0.4 is 10.6 Å². The Bertz CT molecular complexity index is 453. The van der Waals surface area contributed by atoms with Gasteiger partial charge in [0.15, 0.2) is 0 Å². The minimum Gasteiger partial charge on any atom is -0.444 e. The average Bonchev–Trinajstić information content (AvgIpc) is 3.05. The van der Waals surface area contributed by atoms with E-state index in [9.17, 15) is 14.4 Å². The normalized spacial score (nSPS) is 26.0. The Morgan fingerprint density at radius 1 is 1.40 bits per heavy atom. The largest absolute Gasteiger partial charge is 0.444 e. The predicted molar refractivity (Wildman–Crippen MR) is 71.0 cm³/mol. The van der Waals surface area contributed by atoms with Gasteiger partial charge in [-0.25, -0.2) is 9.59 Å². The van der Waals surface area contributed by atoms with Gasteiger partial charge in [0.2, 0.25) is 0 Å². The molecule has 2 N–H and O–H groups in total. The van der Waals surface area contributed by atoms with Crippen molar-refractivity contribution in [2.45, 2.75) is 44.8 Å². The SMILES string of the molecule is CN(CC1(C2CC2)NC(=O)NC1=O)C(=O)OC(C)(C)C. The molecule has 2 fully saturated rings. The summed E-state index contributed by atoms with van der Waals surface area (Å²) in [7, 11) is 1.57. The summed E-state index contributed by atoms with van der Waals surface area (Å²) in [4.78, 5) is 36.8. The third-order valence-corrected chi connectivity index (χ3v) is 3.43. The molecular formula is C13H21N3O4. The number of rotatable bonds is 3. The van der Waals surface area contributed by atoms with Gasteiger partial charge in [0.25, 0.3) is 5.91 Å². The van der Waals surface area contributed by atoms with Crippen LogP contribution in [0.5, 0.6) is 0 Å². The maximum absolute atomic E-state index is 12.1. The molecule has 2 aliphatic rings. The summed E-state index contributed by atoms with van der Waals surface area (Å²) in [6, 6.07) is -0.500. The molecular weight excluding hydrogens is 262 g/mol. The Morgan fingerprint density at radius 3 is 2.40 bits per heavy atom. The second-order valence-corrected chi connectivity index (χ2v) is 6.49. The Balaban J connectivity index is 2.08. The first-order valence-electron chi connectivity index (χ1n) is 6.72. The van der Waals surface area contributed by atoms with Crippen molar-refractivity contribution in [3.05, 3.63) is 0 Å². The lowest BCUT2D eigenvalue weighted by Gasteiger charge is -2.32. The van der Waals surface area contributed by atoms with Crippen LogP contribution in [0.25, 0.3) is 0 Å². The van der Waals surface area contributed by atoms with E-state index in [-0.39, 0.29) is 18.4 Å². The Labute approximate surface area is 118 Å². The molecule has 7 nitrogen and oxygen atoms in total. The summed E-state index contributed by atoms with van der Waals surface area (Å²) in [5.41, 5.74) is -1.61. The molecule has 2 rings (SSSR count). The fraction of sp³-hybridized carbons (Fsp3) is 0.769. The van der Waals surface area contributed by atoms with E-state index in [1.807, 2.05) is 0 Å². The Kier molecular flexibility index (Phi) is 3.39. The Morgan fingerprint density at radius 2 is 2.00 bits per heavy atom. The number of ether oxygens (including phenoxy) is 1. The molecule has 1 heterocycles. The van der Waals surface area contributed by atoms with Gasteiger partial charge in [0, 0.05) is 7.05 Å². The standard InChI is InChI=1S/C13H21N3O4/c1-12(2,3)20-11(19)16(4)7-13(8-5-6-8)9(17)14-10(18)15-13/h8H,5-7H2,1-4H3,(H2,14,15,17,18). The molecule has 1 unspecified atom stereocenters. The zero-order valence-corrected chi connectivity index (χ0v) is 12.3. The van der Waals surface area contributed by atoms with Crippen molar-refractivity contribution in [2.24, 2.45) is 5.92 Å². The van der Waals surface area contributed by atoms with Gasteiger partial charge in [-0.3, -0.25) is 10.1 Å². The van der Waals surface area contributed by atoms with Crippen LogP contribution in [0.2, 0.25) is 0 Å². The third-order valence-electron chi connectivity index (χ3n) is 3.43. The summed E-state index contributed by atoms with van der Waals surface area (Å²) in [6.45, 7) is 5.45. The van der Waals surface area contributed by atoms with Crippen LogP contribution in [0.15, 0.2) is 0 Å². The summed E-state index contributed by atoms with van der Waals surface area (Å²) in [5, 5.41) is 4.93. The molecule has 4 amide bonds. The highest BCUT2D eigenvalue weighted by Gasteiger charge is 2.57. The van der Waals surface area contributed by atoms with Crippen molar-refractivity contribution < 1.29 is 19.1 Å². The van der Waals surface area contributed by atoms with Gasteiger partial charge in [0.05, 0.1) is 6.54 Å². The highest BCUT2D eigenvalue weighted by atomic mass is 16.6. The summed E-state index contributed by atoms with van der Waals surface area (Å²) < 4.78 is 5.26. The van der Waals surface area contributed by atoms with E-state index in [0.29, 0.717) is 0 Å². The minimum atomic E-state index is -1.01. The number of hydrogen-bond donors (Lipinski definition) is 2. The van der Waals surface area contributed by atoms with Crippen molar-refractivity contribution in [1.82, 2.24) is 15.5 Å². The minimum absolute atomic E-state index is 0.0823. The number of hydrogen-bond acceptors (Lipinski definition) is 4. The lowest BCUT2D eigenvalue weighted by atomic mass is 9.93. The van der Waals surface area contributed by atoms with Gasteiger partial charge in [-0.15, -0.1) is 0 Å². The van der Waals surface area contributed by atoms with Crippen LogP contribution in [0.3, 0.4) is 0 Å². The topological polar surface area (TPSA) is 87.7 Å². The number of amides is 4. The Hall–Kier alpha value is -1.79. The first-order chi connectivity index (χ1) is 9.14. The highest BCUT2D eigenvalue weighted by Crippen LogP contribution is 2.41. The van der Waals surface area contributed by atoms with E-state index < -0.39 is 23.3 Å². The van der Waals surface area contributed by atoms with Crippen LogP contribution in [0.1, 0.15) is 33.6 Å². The molecule has 0 radical (unpaired) electrons. The third kappa shape index (κ3) is 2.86. The van der Waals surface area contributed by atoms with Gasteiger partial charge >= 0.3 is 12.1 Å². The van der Waals surface area contributed by atoms with Gasteiger partial charge < -0.3 is 15.0 Å². The fourth-order valence-corrected chi connectivity index (χ4v) is 2.39. The molecule has 7 heteroatoms. The lowest BCUT2D eigenvalue weighted by molar-refractivity contribution is -0.125. The summed E-state index contributed by atoms with van der Waals surface area (Å²) in [5.74, 6) is -0.278. The zero-order chi connectivity index (χ0) is 15.1. The molecule has 1 aliphatic carbocycles. The maximum Gasteiger partial charge on any atom is 0.410 e. The first kappa shape index (κ1) is 14.6. The van der Waals surface area contributed by atoms with E-state index in [1.165, 1.54) is 4.90 Å². The van der Waals surface area contributed by atoms with Crippen molar-refractivity contribution >= 4 is 18.0 Å². The maximum atomic E-state index is 12.1. The van der Waals surface area contributed by atoms with E-state index in [0.717, 1.165) is 12.8 Å². The van der Waals surface area contributed by atoms with Crippen molar-refractivity contribution in [3.8, 4) is 0 Å². The second-order valence-electron chi connectivity index (χ2n) is 6.49. The molecule has 1 saturated heterocycles. The number of nitrogens with one attached hydrogen (secondary N) is 2. The number of carbonyl (C=O) groups is 3. The van der Waals surface area contributed by atoms with Crippen LogP contribution in [-0.4, -0.2) is 47.7 Å². The van der Waals surface area contributed by atoms with Gasteiger partial charge in [-0.2, -0.15) is 0 Å². The molecule has 0 aromatic heterocycles. The molecule has 0 aromatic rings. The molecule has 112 valence electrons. The van der Waals surface area contributed by atoms with E-state index in [2.05, 4.69) is 10.6 Å². The number of imide groups is 1. The highest BCUT2D eigenvalue weighted by molar-refractivity contribution is 6.07. The van der Waals surface area contributed by atoms with Crippen molar-refractivity contribution in [2.75, 3.05) is 13.6 Å². The summed E-state index contributed by atoms with van der Waals surface area (Å²) >= 11 is 0. The van der Waals surface area contributed by atoms with E-state index in [4.69, 9.17) is 4.74 Å². The number of nitrogens with zero attached hydrogens (tertiary/aromatic N) is 1. The summed E-state index contributed by atoms with van der Waals surface area (Å²) in [6.07, 6.45) is 1.23. The number of urea groups is 1. The second kappa shape index (κ2) is 4.64. The monoisotopic (exact) mass is 283 g/mol. The molecule has 20 heavy (non-hydrogen) atoms. The molecule has 0 bridgehead atoms. The molecule has 0 aromatic carbocycles. The van der Waals surface area contributed by atoms with Gasteiger partial charge in [-0.05, 0) is 39.5 Å². The van der Waals surface area contributed by atoms with Gasteiger partial charge in [0.1, 0.15) is 11.1 Å². The number of likely N-dealkylation sites (N-methyl/N-ethyl adjacent to an activating group) is 1. The van der Waals surface area contributed by atoms with Gasteiger partial charge in [-0.1, -0.05) is 0 Å². The smallest absolute Gasteiger partial charge is 0.410 e. The van der Waals surface area contributed by atoms with E-state index in [1.54, 1.807) is 27.8 Å². The molecule has 1 atom stereocenters. The van der Waals surface area contributed by atoms with Crippen LogP contribution >= 0.6 is 0 Å². The fourth-order valence-electron chi connectivity index (χ4n) is 2.39. The quantitative estimate of drug-likeness (QED) is 0.751. The molecule has 0 spiro atoms. The number of carbonyl (C=O) groups excluding carboxylic acids is 3. The predicted octanol–water partition coefficient (Wildman–Crippen LogP) is 0.841. The van der Waals surface area contributed by atoms with Crippen molar-refractivity contribution in [3.63, 3.8) is 0 Å². The molecule has 1 aliphatic heterocycles. The lowest BCUT2D eigenvalue weighted by Crippen LogP contribution is -2.57. The van der Waals surface area contributed by atoms with Crippen molar-refractivity contribution in [1.29, 1.82) is 0 Å². The van der Waals surface area contributed by atoms with Crippen LogP contribution in [0, 0.1) is 5.92 Å². The first-order valence-corrected chi connectivity index (χ1v) is 6.72. The van der Waals surface area contributed by atoms with Crippen LogP contribution in [0.4, 0.5) is 9.59 Å². The zero-order valence-electron chi connectivity index (χ0n) is 12.3. The molecule has 1 saturated carbocycles. The average molecular weight is 283 g/mol. The van der Waals surface area contributed by atoms with E-state index >= 15 is 0 Å². The van der Waals surface area contributed by atoms with Crippen LogP contribution in [-0.2, 0) is 9.53 Å².